The number of benzene rings is 1. The highest BCUT2D eigenvalue weighted by Gasteiger charge is 2.18. The number of nitrogens with zero attached hydrogens (tertiary/aromatic N) is 3. The van der Waals surface area contributed by atoms with Gasteiger partial charge in [-0.15, -0.1) is 0 Å². The van der Waals surface area contributed by atoms with Gasteiger partial charge in [-0.2, -0.15) is 15.0 Å². The van der Waals surface area contributed by atoms with Crippen molar-refractivity contribution in [1.82, 2.24) is 15.0 Å². The molecule has 22 heavy (non-hydrogen) atoms. The number of hydrogen-bond donors (Lipinski definition) is 3. The van der Waals surface area contributed by atoms with E-state index in [4.69, 9.17) is 11.5 Å². The largest absolute Gasteiger partial charge is 0.368 e. The predicted molar refractivity (Wildman–Crippen MR) is 91.5 cm³/mol. The number of nitrogens with one attached hydrogen (secondary N) is 1. The monoisotopic (exact) mass is 382 g/mol. The summed E-state index contributed by atoms with van der Waals surface area (Å²) in [4.78, 5) is 23.8. The smallest absolute Gasteiger partial charge is 0.237 e. The first-order chi connectivity index (χ1) is 10.3. The fourth-order valence-corrected chi connectivity index (χ4v) is 2.98. The van der Waals surface area contributed by atoms with Crippen LogP contribution in [0.1, 0.15) is 12.5 Å². The van der Waals surface area contributed by atoms with Crippen LogP contribution in [0.15, 0.2) is 27.8 Å². The molecule has 0 unspecified atom stereocenters. The summed E-state index contributed by atoms with van der Waals surface area (Å²) in [6.07, 6.45) is 0. The molecule has 0 saturated heterocycles. The standard InChI is InChI=1S/C13H15BrN6OS/c1-6-3-4-9(8(14)5-6)17-10(21)7(2)22-13-19-11(15)18-12(16)20-13/h3-5,7H,1-2H3,(H,17,21)(H4,15,16,18,19,20)/t7-/m0/s1. The van der Waals surface area contributed by atoms with Crippen LogP contribution in [-0.4, -0.2) is 26.1 Å². The van der Waals surface area contributed by atoms with Crippen molar-refractivity contribution >= 4 is 51.2 Å². The fraction of sp³-hybridized carbons (Fsp3) is 0.231. The van der Waals surface area contributed by atoms with Gasteiger partial charge in [0.05, 0.1) is 10.9 Å². The molecule has 0 aliphatic carbocycles. The molecule has 0 aliphatic rings. The molecule has 7 nitrogen and oxygen atoms in total. The van der Waals surface area contributed by atoms with Crippen LogP contribution in [0.4, 0.5) is 17.6 Å². The Hall–Kier alpha value is -1.87. The molecule has 5 N–H and O–H groups in total. The molecule has 1 amide bonds. The van der Waals surface area contributed by atoms with E-state index in [0.717, 1.165) is 21.8 Å². The zero-order valence-corrected chi connectivity index (χ0v) is 14.4. The Balaban J connectivity index is 2.05. The molecule has 2 rings (SSSR count). The molecule has 2 aromatic rings. The van der Waals surface area contributed by atoms with Gasteiger partial charge in [-0.1, -0.05) is 17.8 Å². The molecule has 0 radical (unpaired) electrons. The molecule has 0 bridgehead atoms. The number of carbonyl (C=O) groups is 1. The molecule has 0 spiro atoms. The average molecular weight is 383 g/mol. The van der Waals surface area contributed by atoms with E-state index >= 15 is 0 Å². The van der Waals surface area contributed by atoms with Crippen LogP contribution in [0, 0.1) is 6.92 Å². The van der Waals surface area contributed by atoms with Gasteiger partial charge in [-0.25, -0.2) is 0 Å². The number of hydrogen-bond acceptors (Lipinski definition) is 7. The Morgan fingerprint density at radius 1 is 1.27 bits per heavy atom. The fourth-order valence-electron chi connectivity index (χ4n) is 1.61. The number of thioether (sulfide) groups is 1. The van der Waals surface area contributed by atoms with Crippen LogP contribution in [0.2, 0.25) is 0 Å². The second kappa shape index (κ2) is 6.93. The van der Waals surface area contributed by atoms with Crippen molar-refractivity contribution in [2.24, 2.45) is 0 Å². The molecule has 116 valence electrons. The summed E-state index contributed by atoms with van der Waals surface area (Å²) in [6, 6.07) is 5.69. The summed E-state index contributed by atoms with van der Waals surface area (Å²) in [7, 11) is 0. The van der Waals surface area contributed by atoms with Crippen LogP contribution in [0.3, 0.4) is 0 Å². The van der Waals surface area contributed by atoms with E-state index < -0.39 is 5.25 Å². The molecule has 0 saturated carbocycles. The van der Waals surface area contributed by atoms with Gasteiger partial charge in [0.15, 0.2) is 5.16 Å². The second-order valence-corrected chi connectivity index (χ2v) is 6.73. The summed E-state index contributed by atoms with van der Waals surface area (Å²) in [5, 5.41) is 2.74. The van der Waals surface area contributed by atoms with Gasteiger partial charge < -0.3 is 16.8 Å². The Morgan fingerprint density at radius 2 is 1.91 bits per heavy atom. The zero-order valence-electron chi connectivity index (χ0n) is 12.0. The maximum atomic E-state index is 12.2. The van der Waals surface area contributed by atoms with Crippen molar-refractivity contribution in [3.8, 4) is 0 Å². The molecule has 1 aromatic carbocycles. The molecule has 1 aromatic heterocycles. The Kier molecular flexibility index (Phi) is 5.19. The maximum Gasteiger partial charge on any atom is 0.237 e. The summed E-state index contributed by atoms with van der Waals surface area (Å²) in [6.45, 7) is 3.72. The van der Waals surface area contributed by atoms with E-state index in [0.29, 0.717) is 10.8 Å². The van der Waals surface area contributed by atoms with Gasteiger partial charge in [0.2, 0.25) is 17.8 Å². The Morgan fingerprint density at radius 3 is 2.50 bits per heavy atom. The minimum Gasteiger partial charge on any atom is -0.368 e. The lowest BCUT2D eigenvalue weighted by Crippen LogP contribution is -2.23. The third kappa shape index (κ3) is 4.31. The number of aryl methyl sites for hydroxylation is 1. The molecule has 0 aliphatic heterocycles. The van der Waals surface area contributed by atoms with Crippen molar-refractivity contribution in [2.75, 3.05) is 16.8 Å². The molecule has 1 atom stereocenters. The SMILES string of the molecule is Cc1ccc(NC(=O)[C@H](C)Sc2nc(N)nc(N)n2)c(Br)c1. The summed E-state index contributed by atoms with van der Waals surface area (Å²) in [5.74, 6) is -0.111. The van der Waals surface area contributed by atoms with E-state index in [1.807, 2.05) is 25.1 Å². The maximum absolute atomic E-state index is 12.2. The highest BCUT2D eigenvalue weighted by Crippen LogP contribution is 2.26. The van der Waals surface area contributed by atoms with Gasteiger partial charge in [0.1, 0.15) is 0 Å². The van der Waals surface area contributed by atoms with Crippen LogP contribution in [0.5, 0.6) is 0 Å². The zero-order chi connectivity index (χ0) is 16.3. The first-order valence-electron chi connectivity index (χ1n) is 6.36. The van der Waals surface area contributed by atoms with E-state index in [2.05, 4.69) is 36.2 Å². The molecular weight excluding hydrogens is 368 g/mol. The number of aromatic nitrogens is 3. The van der Waals surface area contributed by atoms with E-state index in [9.17, 15) is 4.79 Å². The lowest BCUT2D eigenvalue weighted by molar-refractivity contribution is -0.115. The number of rotatable bonds is 4. The molecule has 1 heterocycles. The van der Waals surface area contributed by atoms with Crippen LogP contribution in [0.25, 0.3) is 0 Å². The van der Waals surface area contributed by atoms with Crippen LogP contribution in [-0.2, 0) is 4.79 Å². The predicted octanol–water partition coefficient (Wildman–Crippen LogP) is 2.23. The number of nitrogen functional groups attached to an aromatic ring is 2. The summed E-state index contributed by atoms with van der Waals surface area (Å²) < 4.78 is 0.826. The van der Waals surface area contributed by atoms with Gasteiger partial charge in [-0.05, 0) is 47.5 Å². The van der Waals surface area contributed by atoms with Crippen molar-refractivity contribution in [3.63, 3.8) is 0 Å². The van der Waals surface area contributed by atoms with Crippen molar-refractivity contribution < 1.29 is 4.79 Å². The number of anilines is 3. The Labute approximate surface area is 140 Å². The normalized spacial score (nSPS) is 12.0. The first-order valence-corrected chi connectivity index (χ1v) is 8.03. The van der Waals surface area contributed by atoms with E-state index in [1.165, 1.54) is 0 Å². The van der Waals surface area contributed by atoms with Crippen LogP contribution < -0.4 is 16.8 Å². The number of halogens is 1. The Bertz CT molecular complexity index is 691. The second-order valence-electron chi connectivity index (χ2n) is 4.57. The topological polar surface area (TPSA) is 120 Å². The van der Waals surface area contributed by atoms with Crippen molar-refractivity contribution in [1.29, 1.82) is 0 Å². The minimum atomic E-state index is -0.422. The van der Waals surface area contributed by atoms with Gasteiger partial charge >= 0.3 is 0 Å². The number of amides is 1. The number of nitrogens with two attached hydrogens (primary N) is 2. The van der Waals surface area contributed by atoms with Gasteiger partial charge in [-0.3, -0.25) is 4.79 Å². The van der Waals surface area contributed by atoms with Gasteiger partial charge in [0.25, 0.3) is 0 Å². The van der Waals surface area contributed by atoms with Crippen molar-refractivity contribution in [3.05, 3.63) is 28.2 Å². The highest BCUT2D eigenvalue weighted by molar-refractivity contribution is 9.10. The average Bonchev–Trinajstić information content (AvgIpc) is 2.40. The van der Waals surface area contributed by atoms with Crippen LogP contribution >= 0.6 is 27.7 Å². The summed E-state index contributed by atoms with van der Waals surface area (Å²) in [5.41, 5.74) is 12.8. The molecular formula is C13H15BrN6OS. The third-order valence-corrected chi connectivity index (χ3v) is 4.30. The number of carbonyl (C=O) groups excluding carboxylic acids is 1. The highest BCUT2D eigenvalue weighted by atomic mass is 79.9. The lowest BCUT2D eigenvalue weighted by Gasteiger charge is -2.12. The summed E-state index contributed by atoms with van der Waals surface area (Å²) >= 11 is 4.58. The molecule has 0 fully saturated rings. The molecule has 9 heteroatoms. The van der Waals surface area contributed by atoms with Crippen molar-refractivity contribution in [2.45, 2.75) is 24.3 Å². The third-order valence-electron chi connectivity index (χ3n) is 2.68. The van der Waals surface area contributed by atoms with E-state index in [1.54, 1.807) is 6.92 Å². The lowest BCUT2D eigenvalue weighted by atomic mass is 10.2. The quantitative estimate of drug-likeness (QED) is 0.693. The first kappa shape index (κ1) is 16.5. The minimum absolute atomic E-state index is 0.0314. The van der Waals surface area contributed by atoms with Gasteiger partial charge in [0, 0.05) is 4.47 Å². The van der Waals surface area contributed by atoms with E-state index in [-0.39, 0.29) is 17.8 Å².